The highest BCUT2D eigenvalue weighted by Gasteiger charge is 2.12. The summed E-state index contributed by atoms with van der Waals surface area (Å²) in [5.41, 5.74) is 2.95. The van der Waals surface area contributed by atoms with Gasteiger partial charge in [-0.05, 0) is 55.4 Å². The topological polar surface area (TPSA) is 12.0 Å². The van der Waals surface area contributed by atoms with E-state index >= 15 is 0 Å². The van der Waals surface area contributed by atoms with Crippen molar-refractivity contribution in [1.29, 1.82) is 0 Å². The Kier molecular flexibility index (Phi) is 7.38. The third-order valence-electron chi connectivity index (χ3n) is 3.12. The van der Waals surface area contributed by atoms with Crippen molar-refractivity contribution in [2.75, 3.05) is 25.1 Å². The molecular formula is C15H25NS. The summed E-state index contributed by atoms with van der Waals surface area (Å²) in [7, 11) is 0. The molecule has 2 heteroatoms. The van der Waals surface area contributed by atoms with Crippen molar-refractivity contribution < 1.29 is 0 Å². The van der Waals surface area contributed by atoms with Gasteiger partial charge in [0.2, 0.25) is 0 Å². The normalized spacial score (nSPS) is 12.6. The largest absolute Gasteiger partial charge is 0.316 e. The lowest BCUT2D eigenvalue weighted by Gasteiger charge is -2.19. The fraction of sp³-hybridized carbons (Fsp3) is 0.600. The zero-order valence-corrected chi connectivity index (χ0v) is 12.1. The monoisotopic (exact) mass is 251 g/mol. The molecule has 0 aliphatic carbocycles. The number of rotatable bonds is 8. The van der Waals surface area contributed by atoms with Crippen molar-refractivity contribution in [3.05, 3.63) is 35.4 Å². The molecular weight excluding hydrogens is 226 g/mol. The van der Waals surface area contributed by atoms with Crippen molar-refractivity contribution in [3.8, 4) is 0 Å². The molecule has 0 saturated heterocycles. The molecule has 0 aromatic heterocycles. The molecule has 1 nitrogen and oxygen atoms in total. The second kappa shape index (κ2) is 8.60. The van der Waals surface area contributed by atoms with Crippen LogP contribution >= 0.6 is 11.8 Å². The maximum absolute atomic E-state index is 3.56. The van der Waals surface area contributed by atoms with Gasteiger partial charge in [0, 0.05) is 6.54 Å². The van der Waals surface area contributed by atoms with Gasteiger partial charge in [0.25, 0.3) is 0 Å². The highest BCUT2D eigenvalue weighted by atomic mass is 32.2. The van der Waals surface area contributed by atoms with E-state index in [1.54, 1.807) is 0 Å². The first-order valence-corrected chi connectivity index (χ1v) is 7.94. The quantitative estimate of drug-likeness (QED) is 0.705. The summed E-state index contributed by atoms with van der Waals surface area (Å²) in [4.78, 5) is 0. The summed E-state index contributed by atoms with van der Waals surface area (Å²) in [5, 5.41) is 3.56. The van der Waals surface area contributed by atoms with E-state index in [0.717, 1.165) is 13.1 Å². The van der Waals surface area contributed by atoms with E-state index in [4.69, 9.17) is 0 Å². The molecule has 1 rings (SSSR count). The standard InChI is InChI=1S/C15H25NS/c1-4-10-16-12-14(9-11-17-3)15-8-6-5-7-13(15)2/h5-8,14,16H,4,9-12H2,1-3H3. The first-order valence-electron chi connectivity index (χ1n) is 6.54. The van der Waals surface area contributed by atoms with Crippen molar-refractivity contribution in [2.45, 2.75) is 32.6 Å². The lowest BCUT2D eigenvalue weighted by molar-refractivity contribution is 0.568. The van der Waals surface area contributed by atoms with E-state index in [9.17, 15) is 0 Å². The van der Waals surface area contributed by atoms with Crippen LogP contribution in [0.1, 0.15) is 36.8 Å². The average Bonchev–Trinajstić information content (AvgIpc) is 2.35. The number of hydrogen-bond acceptors (Lipinski definition) is 2. The Morgan fingerprint density at radius 1 is 1.29 bits per heavy atom. The van der Waals surface area contributed by atoms with Gasteiger partial charge >= 0.3 is 0 Å². The van der Waals surface area contributed by atoms with E-state index in [-0.39, 0.29) is 0 Å². The van der Waals surface area contributed by atoms with Crippen LogP contribution in [0.3, 0.4) is 0 Å². The molecule has 0 saturated carbocycles. The van der Waals surface area contributed by atoms with Crippen LogP contribution in [0.5, 0.6) is 0 Å². The Labute approximate surface area is 110 Å². The Morgan fingerprint density at radius 2 is 2.06 bits per heavy atom. The third-order valence-corrected chi connectivity index (χ3v) is 3.76. The Balaban J connectivity index is 2.64. The van der Waals surface area contributed by atoms with Crippen LogP contribution in [0, 0.1) is 6.92 Å². The van der Waals surface area contributed by atoms with Crippen LogP contribution in [-0.2, 0) is 0 Å². The SMILES string of the molecule is CCCNCC(CCSC)c1ccccc1C. The molecule has 0 heterocycles. The van der Waals surface area contributed by atoms with Crippen molar-refractivity contribution in [2.24, 2.45) is 0 Å². The van der Waals surface area contributed by atoms with Crippen LogP contribution in [0.15, 0.2) is 24.3 Å². The van der Waals surface area contributed by atoms with E-state index in [0.29, 0.717) is 5.92 Å². The molecule has 0 aliphatic rings. The van der Waals surface area contributed by atoms with Gasteiger partial charge < -0.3 is 5.32 Å². The van der Waals surface area contributed by atoms with Crippen LogP contribution in [0.25, 0.3) is 0 Å². The highest BCUT2D eigenvalue weighted by Crippen LogP contribution is 2.23. The minimum Gasteiger partial charge on any atom is -0.316 e. The number of hydrogen-bond donors (Lipinski definition) is 1. The van der Waals surface area contributed by atoms with E-state index in [1.807, 2.05) is 11.8 Å². The fourth-order valence-corrected chi connectivity index (χ4v) is 2.65. The van der Waals surface area contributed by atoms with Crippen LogP contribution in [0.2, 0.25) is 0 Å². The minimum atomic E-state index is 0.662. The summed E-state index contributed by atoms with van der Waals surface area (Å²) in [5.74, 6) is 1.91. The van der Waals surface area contributed by atoms with Gasteiger partial charge in [0.15, 0.2) is 0 Å². The first-order chi connectivity index (χ1) is 8.29. The summed E-state index contributed by atoms with van der Waals surface area (Å²) in [6.45, 7) is 6.68. The third kappa shape index (κ3) is 5.13. The molecule has 0 radical (unpaired) electrons. The highest BCUT2D eigenvalue weighted by molar-refractivity contribution is 7.98. The van der Waals surface area contributed by atoms with Crippen LogP contribution < -0.4 is 5.32 Å². The number of nitrogens with one attached hydrogen (secondary N) is 1. The summed E-state index contributed by atoms with van der Waals surface area (Å²) in [6.07, 6.45) is 4.67. The van der Waals surface area contributed by atoms with Crippen molar-refractivity contribution in [3.63, 3.8) is 0 Å². The number of thioether (sulfide) groups is 1. The molecule has 0 bridgehead atoms. The molecule has 1 aromatic rings. The van der Waals surface area contributed by atoms with Gasteiger partial charge in [-0.15, -0.1) is 0 Å². The summed E-state index contributed by atoms with van der Waals surface area (Å²) < 4.78 is 0. The Bertz CT molecular complexity index is 312. The van der Waals surface area contributed by atoms with Crippen molar-refractivity contribution >= 4 is 11.8 Å². The van der Waals surface area contributed by atoms with Gasteiger partial charge in [-0.1, -0.05) is 31.2 Å². The molecule has 0 aliphatic heterocycles. The number of benzene rings is 1. The lowest BCUT2D eigenvalue weighted by Crippen LogP contribution is -2.23. The molecule has 17 heavy (non-hydrogen) atoms. The first kappa shape index (κ1) is 14.6. The van der Waals surface area contributed by atoms with Crippen LogP contribution in [-0.4, -0.2) is 25.1 Å². The maximum atomic E-state index is 3.56. The van der Waals surface area contributed by atoms with E-state index in [2.05, 4.69) is 49.7 Å². The smallest absolute Gasteiger partial charge is 0.00205 e. The molecule has 96 valence electrons. The van der Waals surface area contributed by atoms with Gasteiger partial charge in [-0.25, -0.2) is 0 Å². The molecule has 1 N–H and O–H groups in total. The zero-order chi connectivity index (χ0) is 12.5. The summed E-state index contributed by atoms with van der Waals surface area (Å²) >= 11 is 1.94. The average molecular weight is 251 g/mol. The second-order valence-electron chi connectivity index (χ2n) is 4.54. The predicted octanol–water partition coefficient (Wildman–Crippen LogP) is 3.83. The molecule has 0 fully saturated rings. The maximum Gasteiger partial charge on any atom is 0.00205 e. The molecule has 1 aromatic carbocycles. The molecule has 0 amide bonds. The number of aryl methyl sites for hydroxylation is 1. The fourth-order valence-electron chi connectivity index (χ4n) is 2.13. The predicted molar refractivity (Wildman–Crippen MR) is 80.1 cm³/mol. The van der Waals surface area contributed by atoms with Gasteiger partial charge in [0.1, 0.15) is 0 Å². The van der Waals surface area contributed by atoms with Gasteiger partial charge in [-0.3, -0.25) is 0 Å². The molecule has 1 unspecified atom stereocenters. The van der Waals surface area contributed by atoms with E-state index < -0.39 is 0 Å². The Hall–Kier alpha value is -0.470. The summed E-state index contributed by atoms with van der Waals surface area (Å²) in [6, 6.07) is 8.80. The van der Waals surface area contributed by atoms with E-state index in [1.165, 1.54) is 29.7 Å². The van der Waals surface area contributed by atoms with Gasteiger partial charge in [0.05, 0.1) is 0 Å². The molecule has 0 spiro atoms. The minimum absolute atomic E-state index is 0.662. The zero-order valence-electron chi connectivity index (χ0n) is 11.3. The van der Waals surface area contributed by atoms with Gasteiger partial charge in [-0.2, -0.15) is 11.8 Å². The Morgan fingerprint density at radius 3 is 2.71 bits per heavy atom. The molecule has 1 atom stereocenters. The lowest BCUT2D eigenvalue weighted by atomic mass is 9.92. The van der Waals surface area contributed by atoms with Crippen molar-refractivity contribution in [1.82, 2.24) is 5.32 Å². The van der Waals surface area contributed by atoms with Crippen LogP contribution in [0.4, 0.5) is 0 Å². The second-order valence-corrected chi connectivity index (χ2v) is 5.52.